The summed E-state index contributed by atoms with van der Waals surface area (Å²) in [6.07, 6.45) is 5.41. The molecule has 22 heavy (non-hydrogen) atoms. The molecule has 0 unspecified atom stereocenters. The van der Waals surface area contributed by atoms with Crippen molar-refractivity contribution in [2.75, 3.05) is 0 Å². The van der Waals surface area contributed by atoms with E-state index in [1.165, 1.54) is 18.2 Å². The number of ketones is 2. The van der Waals surface area contributed by atoms with Crippen LogP contribution in [0.1, 0.15) is 15.9 Å². The maximum Gasteiger partial charge on any atom is 0.340 e. The smallest absolute Gasteiger partial charge is 0.340 e. The summed E-state index contributed by atoms with van der Waals surface area (Å²) in [5.74, 6) is -4.19. The summed E-state index contributed by atoms with van der Waals surface area (Å²) in [7, 11) is 0. The summed E-state index contributed by atoms with van der Waals surface area (Å²) < 4.78 is 0. The Bertz CT molecular complexity index is 959. The van der Waals surface area contributed by atoms with Gasteiger partial charge in [-0.25, -0.2) is 9.59 Å². The van der Waals surface area contributed by atoms with Crippen LogP contribution in [0.15, 0.2) is 29.4 Å². The Morgan fingerprint density at radius 1 is 0.864 bits per heavy atom. The highest BCUT2D eigenvalue weighted by molar-refractivity contribution is 6.30. The number of Topliss-reactive ketones (excluding diaryl/α,β-unsaturated/α-hetero) is 1. The largest absolute Gasteiger partial charge is 0.478 e. The summed E-state index contributed by atoms with van der Waals surface area (Å²) in [5.41, 5.74) is -0.603. The fraction of sp³-hybridized carbons (Fsp3) is 0. The number of carboxylic acid groups (broad SMARTS) is 2. The van der Waals surface area contributed by atoms with Crippen molar-refractivity contribution in [3.05, 3.63) is 50.9 Å². The highest BCUT2D eigenvalue weighted by Gasteiger charge is 2.30. The van der Waals surface area contributed by atoms with Gasteiger partial charge in [0.2, 0.25) is 5.78 Å². The molecule has 0 fully saturated rings. The van der Waals surface area contributed by atoms with E-state index in [0.29, 0.717) is 16.0 Å². The zero-order valence-electron chi connectivity index (χ0n) is 11.0. The Morgan fingerprint density at radius 3 is 2.23 bits per heavy atom. The predicted octanol–water partition coefficient (Wildman–Crippen LogP) is -0.494. The third-order valence-electron chi connectivity index (χ3n) is 3.47. The Kier molecular flexibility index (Phi) is 2.88. The fourth-order valence-electron chi connectivity index (χ4n) is 2.48. The summed E-state index contributed by atoms with van der Waals surface area (Å²) in [6.45, 7) is 0. The first-order valence-corrected chi connectivity index (χ1v) is 6.23. The number of carbonyl (C=O) groups excluding carboxylic acids is 2. The zero-order valence-corrected chi connectivity index (χ0v) is 11.0. The topological polar surface area (TPSA) is 109 Å². The molecule has 108 valence electrons. The maximum atomic E-state index is 12.3. The number of aliphatic carboxylic acids is 2. The van der Waals surface area contributed by atoms with Gasteiger partial charge < -0.3 is 10.2 Å². The molecular weight excluding hydrogens is 288 g/mol. The molecule has 0 atom stereocenters. The third-order valence-corrected chi connectivity index (χ3v) is 3.47. The average molecular weight is 296 g/mol. The van der Waals surface area contributed by atoms with Gasteiger partial charge in [0.25, 0.3) is 0 Å². The normalized spacial score (nSPS) is 15.6. The van der Waals surface area contributed by atoms with Gasteiger partial charge in [-0.3, -0.25) is 9.59 Å². The number of carbonyl (C=O) groups is 4. The number of hydrogen-bond acceptors (Lipinski definition) is 4. The quantitative estimate of drug-likeness (QED) is 0.713. The second kappa shape index (κ2) is 4.63. The second-order valence-corrected chi connectivity index (χ2v) is 4.82. The lowest BCUT2D eigenvalue weighted by atomic mass is 9.88. The molecule has 0 aromatic heterocycles. The van der Waals surface area contributed by atoms with Gasteiger partial charge in [-0.1, -0.05) is 6.08 Å². The van der Waals surface area contributed by atoms with Crippen LogP contribution in [0.3, 0.4) is 0 Å². The molecule has 0 radical (unpaired) electrons. The highest BCUT2D eigenvalue weighted by atomic mass is 16.4. The van der Waals surface area contributed by atoms with Crippen molar-refractivity contribution in [1.82, 2.24) is 0 Å². The van der Waals surface area contributed by atoms with Crippen LogP contribution in [0.25, 0.3) is 18.2 Å². The fourth-order valence-corrected chi connectivity index (χ4v) is 2.48. The van der Waals surface area contributed by atoms with E-state index in [0.717, 1.165) is 6.08 Å². The van der Waals surface area contributed by atoms with Gasteiger partial charge in [0, 0.05) is 5.56 Å². The minimum atomic E-state index is -1.60. The van der Waals surface area contributed by atoms with E-state index in [1.807, 2.05) is 0 Å². The van der Waals surface area contributed by atoms with Crippen LogP contribution in [0, 0.1) is 0 Å². The van der Waals surface area contributed by atoms with Crippen LogP contribution in [-0.4, -0.2) is 33.7 Å². The van der Waals surface area contributed by atoms with Gasteiger partial charge in [-0.15, -0.1) is 0 Å². The van der Waals surface area contributed by atoms with Crippen LogP contribution < -0.4 is 10.4 Å². The lowest BCUT2D eigenvalue weighted by Crippen LogP contribution is -2.31. The van der Waals surface area contributed by atoms with Gasteiger partial charge >= 0.3 is 11.9 Å². The van der Waals surface area contributed by atoms with Gasteiger partial charge in [0.15, 0.2) is 5.78 Å². The first-order valence-electron chi connectivity index (χ1n) is 6.23. The monoisotopic (exact) mass is 296 g/mol. The van der Waals surface area contributed by atoms with Gasteiger partial charge in [-0.05, 0) is 46.4 Å². The summed E-state index contributed by atoms with van der Waals surface area (Å²) in [5, 5.41) is 19.0. The van der Waals surface area contributed by atoms with Crippen LogP contribution in [0.4, 0.5) is 0 Å². The Balaban J connectivity index is 2.37. The number of carboxylic acids is 2. The molecule has 0 saturated heterocycles. The number of hydrogen-bond donors (Lipinski definition) is 2. The van der Waals surface area contributed by atoms with Crippen LogP contribution >= 0.6 is 0 Å². The summed E-state index contributed by atoms with van der Waals surface area (Å²) in [4.78, 5) is 46.1. The second-order valence-electron chi connectivity index (χ2n) is 4.82. The molecular formula is C16H8O6. The van der Waals surface area contributed by atoms with Crippen LogP contribution in [0.5, 0.6) is 0 Å². The zero-order chi connectivity index (χ0) is 16.0. The predicted molar refractivity (Wildman–Crippen MR) is 75.3 cm³/mol. The molecule has 2 aliphatic rings. The van der Waals surface area contributed by atoms with E-state index in [1.54, 1.807) is 12.1 Å². The van der Waals surface area contributed by atoms with E-state index in [2.05, 4.69) is 0 Å². The van der Waals surface area contributed by atoms with Crippen molar-refractivity contribution in [1.29, 1.82) is 0 Å². The molecule has 1 aromatic carbocycles. The molecule has 6 heteroatoms. The molecule has 6 nitrogen and oxygen atoms in total. The van der Waals surface area contributed by atoms with Crippen LogP contribution in [0.2, 0.25) is 0 Å². The molecule has 1 aromatic rings. The van der Waals surface area contributed by atoms with Crippen molar-refractivity contribution < 1.29 is 29.4 Å². The third kappa shape index (κ3) is 1.98. The lowest BCUT2D eigenvalue weighted by molar-refractivity contribution is -0.135. The van der Waals surface area contributed by atoms with E-state index in [-0.39, 0.29) is 11.3 Å². The first kappa shape index (κ1) is 13.7. The maximum absolute atomic E-state index is 12.3. The van der Waals surface area contributed by atoms with Crippen LogP contribution in [-0.2, 0) is 14.4 Å². The Labute approximate surface area is 123 Å². The molecule has 0 aliphatic heterocycles. The SMILES string of the molecule is O=C1C=Cc2cc3c(cc2=C1)C(=O)C(C(=O)O)=C(C(=O)O)C=3. The van der Waals surface area contributed by atoms with E-state index < -0.39 is 28.9 Å². The molecule has 0 bridgehead atoms. The van der Waals surface area contributed by atoms with Crippen molar-refractivity contribution in [3.63, 3.8) is 0 Å². The molecule has 2 N–H and O–H groups in total. The molecule has 2 aliphatic carbocycles. The molecule has 3 rings (SSSR count). The molecule has 0 heterocycles. The Hall–Kier alpha value is -3.28. The van der Waals surface area contributed by atoms with E-state index in [9.17, 15) is 19.2 Å². The van der Waals surface area contributed by atoms with Crippen molar-refractivity contribution >= 4 is 41.7 Å². The van der Waals surface area contributed by atoms with Crippen molar-refractivity contribution in [2.45, 2.75) is 0 Å². The minimum Gasteiger partial charge on any atom is -0.478 e. The summed E-state index contributed by atoms with van der Waals surface area (Å²) in [6, 6.07) is 2.97. The summed E-state index contributed by atoms with van der Waals surface area (Å²) >= 11 is 0. The lowest BCUT2D eigenvalue weighted by Gasteiger charge is -2.13. The number of fused-ring (bicyclic) bond motifs is 2. The number of rotatable bonds is 2. The van der Waals surface area contributed by atoms with E-state index in [4.69, 9.17) is 10.2 Å². The Morgan fingerprint density at radius 2 is 1.59 bits per heavy atom. The van der Waals surface area contributed by atoms with Gasteiger partial charge in [0.05, 0.1) is 5.57 Å². The van der Waals surface area contributed by atoms with Gasteiger partial charge in [0.1, 0.15) is 5.57 Å². The number of allylic oxidation sites excluding steroid dienone is 1. The van der Waals surface area contributed by atoms with Crippen molar-refractivity contribution in [3.8, 4) is 0 Å². The highest BCUT2D eigenvalue weighted by Crippen LogP contribution is 2.17. The minimum absolute atomic E-state index is 0.0699. The molecule has 0 spiro atoms. The standard InChI is InChI=1S/C16H8O6/c17-10-2-1-7-3-9-6-12(15(19)20)13(16(21)22)14(18)11(9)5-8(7)4-10/h1-6H,(H,19,20)(H,21,22). The van der Waals surface area contributed by atoms with E-state index >= 15 is 0 Å². The average Bonchev–Trinajstić information content (AvgIpc) is 2.45. The van der Waals surface area contributed by atoms with Gasteiger partial charge in [-0.2, -0.15) is 0 Å². The molecule has 0 amide bonds. The van der Waals surface area contributed by atoms with Crippen molar-refractivity contribution in [2.24, 2.45) is 0 Å². The number of benzene rings is 1. The molecule has 0 saturated carbocycles. The first-order chi connectivity index (χ1) is 10.4.